The molecular weight excluding hydrogens is 314 g/mol. The van der Waals surface area contributed by atoms with Gasteiger partial charge in [0.15, 0.2) is 5.11 Å². The molecule has 2 aromatic rings. The number of hydrogen-bond donors (Lipinski definition) is 3. The van der Waals surface area contributed by atoms with E-state index in [1.807, 2.05) is 30.3 Å². The Morgan fingerprint density at radius 3 is 2.21 bits per heavy atom. The van der Waals surface area contributed by atoms with Gasteiger partial charge in [-0.1, -0.05) is 61.4 Å². The largest absolute Gasteiger partial charge is 0.358 e. The van der Waals surface area contributed by atoms with Crippen molar-refractivity contribution >= 4 is 23.0 Å². The Balaban J connectivity index is 1.53. The number of benzene rings is 2. The molecule has 2 atom stereocenters. The van der Waals surface area contributed by atoms with E-state index in [9.17, 15) is 0 Å². The molecule has 3 N–H and O–H groups in total. The zero-order chi connectivity index (χ0) is 16.6. The molecule has 0 radical (unpaired) electrons. The number of nitrogens with one attached hydrogen (secondary N) is 3. The van der Waals surface area contributed by atoms with E-state index in [4.69, 9.17) is 12.2 Å². The molecule has 2 aromatic carbocycles. The first-order chi connectivity index (χ1) is 11.8. The molecule has 1 fully saturated rings. The second-order valence-electron chi connectivity index (χ2n) is 6.33. The lowest BCUT2D eigenvalue weighted by molar-refractivity contribution is 0.308. The summed E-state index contributed by atoms with van der Waals surface area (Å²) in [5.41, 5.74) is 2.35. The Labute approximate surface area is 149 Å². The van der Waals surface area contributed by atoms with Crippen LogP contribution in [-0.2, 0) is 6.54 Å². The van der Waals surface area contributed by atoms with Crippen LogP contribution < -0.4 is 16.0 Å². The number of hydrogen-bond acceptors (Lipinski definition) is 2. The Morgan fingerprint density at radius 1 is 0.875 bits per heavy atom. The first-order valence-corrected chi connectivity index (χ1v) is 9.12. The van der Waals surface area contributed by atoms with Crippen molar-refractivity contribution in [2.24, 2.45) is 0 Å². The zero-order valence-corrected chi connectivity index (χ0v) is 14.7. The maximum absolute atomic E-state index is 5.50. The van der Waals surface area contributed by atoms with E-state index in [1.54, 1.807) is 0 Å². The predicted octanol–water partition coefficient (Wildman–Crippen LogP) is 4.07. The van der Waals surface area contributed by atoms with Crippen molar-refractivity contribution in [1.82, 2.24) is 10.6 Å². The average molecular weight is 340 g/mol. The molecule has 1 aliphatic carbocycles. The number of anilines is 1. The molecule has 24 heavy (non-hydrogen) atoms. The van der Waals surface area contributed by atoms with Crippen molar-refractivity contribution in [1.29, 1.82) is 0 Å². The standard InChI is InChI=1S/C20H25N3S/c24-20(22-17-11-5-2-6-12-17)23-19-14-8-7-13-18(19)21-15-16-9-3-1-4-10-16/h1-6,9-12,18-19,21H,7-8,13-15H2,(H2,22,23,24)/t18-,19-/m1/s1. The smallest absolute Gasteiger partial charge is 0.171 e. The van der Waals surface area contributed by atoms with E-state index in [2.05, 4.69) is 46.3 Å². The number of rotatable bonds is 5. The van der Waals surface area contributed by atoms with Crippen LogP contribution >= 0.6 is 12.2 Å². The van der Waals surface area contributed by atoms with Gasteiger partial charge in [0.05, 0.1) is 0 Å². The third-order valence-electron chi connectivity index (χ3n) is 4.53. The number of thiocarbonyl (C=S) groups is 1. The minimum atomic E-state index is 0.381. The van der Waals surface area contributed by atoms with Crippen LogP contribution in [0.5, 0.6) is 0 Å². The molecule has 0 heterocycles. The van der Waals surface area contributed by atoms with Crippen molar-refractivity contribution in [3.05, 3.63) is 66.2 Å². The summed E-state index contributed by atoms with van der Waals surface area (Å²) in [6.45, 7) is 0.905. The van der Waals surface area contributed by atoms with Crippen LogP contribution in [0.15, 0.2) is 60.7 Å². The minimum Gasteiger partial charge on any atom is -0.358 e. The van der Waals surface area contributed by atoms with Crippen molar-refractivity contribution in [2.75, 3.05) is 5.32 Å². The molecule has 0 aliphatic heterocycles. The summed E-state index contributed by atoms with van der Waals surface area (Å²) in [4.78, 5) is 0. The van der Waals surface area contributed by atoms with Gasteiger partial charge < -0.3 is 16.0 Å². The lowest BCUT2D eigenvalue weighted by Gasteiger charge is -2.34. The molecular formula is C20H25N3S. The summed E-state index contributed by atoms with van der Waals surface area (Å²) in [6.07, 6.45) is 4.89. The third kappa shape index (κ3) is 5.05. The minimum absolute atomic E-state index is 0.381. The maximum Gasteiger partial charge on any atom is 0.171 e. The van der Waals surface area contributed by atoms with Gasteiger partial charge in [-0.05, 0) is 42.8 Å². The van der Waals surface area contributed by atoms with Gasteiger partial charge >= 0.3 is 0 Å². The lowest BCUT2D eigenvalue weighted by atomic mass is 9.90. The molecule has 0 spiro atoms. The van der Waals surface area contributed by atoms with Gasteiger partial charge in [0.2, 0.25) is 0 Å². The van der Waals surface area contributed by atoms with E-state index < -0.39 is 0 Å². The highest BCUT2D eigenvalue weighted by atomic mass is 32.1. The van der Waals surface area contributed by atoms with Crippen LogP contribution in [0.2, 0.25) is 0 Å². The predicted molar refractivity (Wildman–Crippen MR) is 105 cm³/mol. The van der Waals surface area contributed by atoms with E-state index in [0.717, 1.165) is 18.7 Å². The van der Waals surface area contributed by atoms with Crippen LogP contribution in [0.1, 0.15) is 31.2 Å². The van der Waals surface area contributed by atoms with E-state index in [0.29, 0.717) is 17.2 Å². The molecule has 126 valence electrons. The van der Waals surface area contributed by atoms with Gasteiger partial charge in [0.25, 0.3) is 0 Å². The Bertz CT molecular complexity index is 630. The summed E-state index contributed by atoms with van der Waals surface area (Å²) < 4.78 is 0. The van der Waals surface area contributed by atoms with Crippen LogP contribution in [0.3, 0.4) is 0 Å². The van der Waals surface area contributed by atoms with Gasteiger partial charge in [-0.3, -0.25) is 0 Å². The molecule has 1 saturated carbocycles. The average Bonchev–Trinajstić information content (AvgIpc) is 2.63. The molecule has 3 rings (SSSR count). The third-order valence-corrected chi connectivity index (χ3v) is 4.75. The molecule has 0 aromatic heterocycles. The Hall–Kier alpha value is -1.91. The highest BCUT2D eigenvalue weighted by Gasteiger charge is 2.25. The SMILES string of the molecule is S=C(Nc1ccccc1)N[C@@H]1CCCC[C@H]1NCc1ccccc1. The zero-order valence-electron chi connectivity index (χ0n) is 13.9. The van der Waals surface area contributed by atoms with Crippen molar-refractivity contribution in [3.8, 4) is 0 Å². The molecule has 3 nitrogen and oxygen atoms in total. The van der Waals surface area contributed by atoms with Crippen LogP contribution in [0.4, 0.5) is 5.69 Å². The molecule has 0 amide bonds. The highest BCUT2D eigenvalue weighted by Crippen LogP contribution is 2.19. The van der Waals surface area contributed by atoms with E-state index in [-0.39, 0.29) is 0 Å². The Morgan fingerprint density at radius 2 is 1.50 bits per heavy atom. The normalized spacial score (nSPS) is 20.3. The monoisotopic (exact) mass is 339 g/mol. The van der Waals surface area contributed by atoms with E-state index >= 15 is 0 Å². The molecule has 0 saturated heterocycles. The lowest BCUT2D eigenvalue weighted by Crippen LogP contribution is -2.52. The summed E-state index contributed by atoms with van der Waals surface area (Å²) in [7, 11) is 0. The summed E-state index contributed by atoms with van der Waals surface area (Å²) in [6, 6.07) is 21.5. The van der Waals surface area contributed by atoms with Crippen molar-refractivity contribution < 1.29 is 0 Å². The summed E-state index contributed by atoms with van der Waals surface area (Å²) >= 11 is 5.50. The second kappa shape index (κ2) is 8.81. The van der Waals surface area contributed by atoms with Gasteiger partial charge in [-0.25, -0.2) is 0 Å². The fourth-order valence-electron chi connectivity index (χ4n) is 3.25. The van der Waals surface area contributed by atoms with Gasteiger partial charge in [-0.15, -0.1) is 0 Å². The highest BCUT2D eigenvalue weighted by molar-refractivity contribution is 7.80. The second-order valence-corrected chi connectivity index (χ2v) is 6.74. The molecule has 1 aliphatic rings. The summed E-state index contributed by atoms with van der Waals surface area (Å²) in [5, 5.41) is 11.2. The van der Waals surface area contributed by atoms with Gasteiger partial charge in [0.1, 0.15) is 0 Å². The quantitative estimate of drug-likeness (QED) is 0.718. The molecule has 0 unspecified atom stereocenters. The summed E-state index contributed by atoms with van der Waals surface area (Å²) in [5.74, 6) is 0. The topological polar surface area (TPSA) is 36.1 Å². The fourth-order valence-corrected chi connectivity index (χ4v) is 3.52. The van der Waals surface area contributed by atoms with Crippen LogP contribution in [-0.4, -0.2) is 17.2 Å². The Kier molecular flexibility index (Phi) is 6.21. The molecule has 0 bridgehead atoms. The van der Waals surface area contributed by atoms with Crippen LogP contribution in [0, 0.1) is 0 Å². The van der Waals surface area contributed by atoms with E-state index in [1.165, 1.54) is 24.8 Å². The van der Waals surface area contributed by atoms with Crippen LogP contribution in [0.25, 0.3) is 0 Å². The maximum atomic E-state index is 5.50. The number of para-hydroxylation sites is 1. The van der Waals surface area contributed by atoms with Gasteiger partial charge in [-0.2, -0.15) is 0 Å². The van der Waals surface area contributed by atoms with Crippen molar-refractivity contribution in [2.45, 2.75) is 44.3 Å². The molecule has 4 heteroatoms. The fraction of sp³-hybridized carbons (Fsp3) is 0.350. The van der Waals surface area contributed by atoms with Gasteiger partial charge in [0, 0.05) is 24.3 Å². The first-order valence-electron chi connectivity index (χ1n) is 8.71. The van der Waals surface area contributed by atoms with Crippen molar-refractivity contribution in [3.63, 3.8) is 0 Å². The first kappa shape index (κ1) is 16.9.